The first-order valence-electron chi connectivity index (χ1n) is 3.09. The second-order valence-electron chi connectivity index (χ2n) is 1.75. The van der Waals surface area contributed by atoms with Crippen LogP contribution in [-0.4, -0.2) is 12.3 Å². The molecule has 13 heavy (non-hydrogen) atoms. The van der Waals surface area contributed by atoms with Crippen LogP contribution in [0.25, 0.3) is 0 Å². The van der Waals surface area contributed by atoms with Gasteiger partial charge in [-0.25, -0.2) is 0 Å². The molecule has 0 saturated carbocycles. The molecular formula is C6H7LiO5P+. The number of hydrogen-bond donors (Lipinski definition) is 0. The van der Waals surface area contributed by atoms with Crippen LogP contribution in [0.2, 0.25) is 0 Å². The molecule has 0 aliphatic rings. The Labute approximate surface area is 88.9 Å². The normalized spacial score (nSPS) is 11.6. The molecule has 0 spiro atoms. The molecule has 66 valence electrons. The number of carbonyl (C=O) groups is 1. The molecule has 0 rings (SSSR count). The third kappa shape index (κ3) is 7.84. The zero-order valence-corrected chi connectivity index (χ0v) is 8.24. The van der Waals surface area contributed by atoms with Crippen molar-refractivity contribution in [2.45, 2.75) is 19.4 Å². The van der Waals surface area contributed by atoms with Gasteiger partial charge in [0.25, 0.3) is 0 Å². The molecular weight excluding hydrogens is 190 g/mol. The smallest absolute Gasteiger partial charge is 0.558 e. The van der Waals surface area contributed by atoms with Gasteiger partial charge in [0.1, 0.15) is 0 Å². The van der Waals surface area contributed by atoms with Crippen LogP contribution in [0.15, 0.2) is 0 Å². The van der Waals surface area contributed by atoms with E-state index in [4.69, 9.17) is 6.42 Å². The first-order chi connectivity index (χ1) is 5.60. The molecule has 0 aliphatic carbocycles. The minimum Gasteiger partial charge on any atom is -0.558 e. The molecule has 0 saturated heterocycles. The van der Waals surface area contributed by atoms with Gasteiger partial charge >= 0.3 is 33.3 Å². The van der Waals surface area contributed by atoms with E-state index in [2.05, 4.69) is 15.2 Å². The molecule has 0 aliphatic heterocycles. The molecule has 0 heterocycles. The Bertz CT molecular complexity index is 224. The number of hydrogen-bond acceptors (Lipinski definition) is 5. The van der Waals surface area contributed by atoms with Crippen molar-refractivity contribution in [3.8, 4) is 12.3 Å². The number of ether oxygens (including phenoxy) is 1. The van der Waals surface area contributed by atoms with Crippen LogP contribution < -0.4 is 23.8 Å². The fourth-order valence-corrected chi connectivity index (χ4v) is 0.598. The van der Waals surface area contributed by atoms with E-state index in [0.29, 0.717) is 6.42 Å². The summed E-state index contributed by atoms with van der Waals surface area (Å²) < 4.78 is 17.9. The molecule has 0 N–H and O–H groups in total. The molecule has 5 nitrogen and oxygen atoms in total. The Morgan fingerprint density at radius 3 is 2.62 bits per heavy atom. The molecule has 2 unspecified atom stereocenters. The summed E-state index contributed by atoms with van der Waals surface area (Å²) in [7, 11) is -3.22. The van der Waals surface area contributed by atoms with E-state index >= 15 is 0 Å². The second kappa shape index (κ2) is 8.10. The van der Waals surface area contributed by atoms with Gasteiger partial charge in [-0.05, 0) is 11.0 Å². The van der Waals surface area contributed by atoms with Gasteiger partial charge in [0, 0.05) is 0 Å². The monoisotopic (exact) mass is 197 g/mol. The summed E-state index contributed by atoms with van der Waals surface area (Å²) in [5.41, 5.74) is 0. The largest absolute Gasteiger partial charge is 1.00 e. The first kappa shape index (κ1) is 15.0. The predicted octanol–water partition coefficient (Wildman–Crippen LogP) is -2.43. The SMILES string of the molecule is C#CC(CC)OC(=O)O[P+](=O)[O-].[Li+]. The standard InChI is InChI=1S/C6H7O5P.Li/c1-3-5(4-2)10-6(7)11-12(8)9;/h1,5H,4H2,2H3;/q;+1. The third-order valence-electron chi connectivity index (χ3n) is 0.944. The maximum Gasteiger partial charge on any atom is 1.00 e. The minimum absolute atomic E-state index is 0. The molecule has 7 heteroatoms. The van der Waals surface area contributed by atoms with Crippen molar-refractivity contribution in [2.75, 3.05) is 0 Å². The van der Waals surface area contributed by atoms with E-state index in [-0.39, 0.29) is 18.9 Å². The Balaban J connectivity index is 0. The molecule has 0 aromatic carbocycles. The van der Waals surface area contributed by atoms with Gasteiger partial charge in [0.05, 0.1) is 0 Å². The zero-order valence-electron chi connectivity index (χ0n) is 7.35. The van der Waals surface area contributed by atoms with Crippen LogP contribution >= 0.6 is 8.25 Å². The summed E-state index contributed by atoms with van der Waals surface area (Å²) in [5.74, 6) is 2.14. The average Bonchev–Trinajstić information content (AvgIpc) is 1.98. The molecule has 0 aromatic rings. The molecule has 2 atom stereocenters. The van der Waals surface area contributed by atoms with Crippen molar-refractivity contribution in [1.82, 2.24) is 0 Å². The summed E-state index contributed by atoms with van der Waals surface area (Å²) in [6.07, 6.45) is 3.29. The Hall–Kier alpha value is -0.513. The van der Waals surface area contributed by atoms with Crippen LogP contribution in [0, 0.1) is 12.3 Å². The summed E-state index contributed by atoms with van der Waals surface area (Å²) in [6.45, 7) is 1.69. The molecule has 0 aromatic heterocycles. The first-order valence-corrected chi connectivity index (χ1v) is 4.18. The summed E-state index contributed by atoms with van der Waals surface area (Å²) >= 11 is 0. The van der Waals surface area contributed by atoms with Gasteiger partial charge in [-0.2, -0.15) is 9.32 Å². The maximum absolute atomic E-state index is 10.5. The fraction of sp³-hybridized carbons (Fsp3) is 0.500. The van der Waals surface area contributed by atoms with Crippen LogP contribution in [0.1, 0.15) is 13.3 Å². The van der Waals surface area contributed by atoms with Crippen molar-refractivity contribution in [2.24, 2.45) is 0 Å². The van der Waals surface area contributed by atoms with Crippen molar-refractivity contribution in [1.29, 1.82) is 0 Å². The van der Waals surface area contributed by atoms with Crippen molar-refractivity contribution in [3.05, 3.63) is 0 Å². The van der Waals surface area contributed by atoms with Crippen LogP contribution in [0.5, 0.6) is 0 Å². The topological polar surface area (TPSA) is 75.7 Å². The van der Waals surface area contributed by atoms with Gasteiger partial charge in [-0.1, -0.05) is 12.8 Å². The number of rotatable bonds is 3. The van der Waals surface area contributed by atoms with Gasteiger partial charge in [0.15, 0.2) is 6.10 Å². The number of carbonyl (C=O) groups excluding carboxylic acids is 1. The van der Waals surface area contributed by atoms with Gasteiger partial charge in [0.2, 0.25) is 0 Å². The van der Waals surface area contributed by atoms with E-state index in [1.165, 1.54) is 0 Å². The Kier molecular flexibility index (Phi) is 9.34. The molecule has 0 amide bonds. The summed E-state index contributed by atoms with van der Waals surface area (Å²) in [6, 6.07) is 0. The Morgan fingerprint density at radius 2 is 2.31 bits per heavy atom. The predicted molar refractivity (Wildman–Crippen MR) is 38.1 cm³/mol. The summed E-state index contributed by atoms with van der Waals surface area (Å²) in [4.78, 5) is 20.3. The Morgan fingerprint density at radius 1 is 1.77 bits per heavy atom. The average molecular weight is 197 g/mol. The number of terminal acetylenes is 1. The van der Waals surface area contributed by atoms with E-state index in [0.717, 1.165) is 0 Å². The van der Waals surface area contributed by atoms with Crippen molar-refractivity contribution in [3.63, 3.8) is 0 Å². The molecule has 0 radical (unpaired) electrons. The van der Waals surface area contributed by atoms with Crippen LogP contribution in [-0.2, 0) is 13.8 Å². The van der Waals surface area contributed by atoms with E-state index < -0.39 is 20.5 Å². The van der Waals surface area contributed by atoms with Crippen molar-refractivity contribution < 1.29 is 42.4 Å². The van der Waals surface area contributed by atoms with Gasteiger partial charge < -0.3 is 9.63 Å². The van der Waals surface area contributed by atoms with Crippen molar-refractivity contribution >= 4 is 14.4 Å². The van der Waals surface area contributed by atoms with Crippen LogP contribution in [0.3, 0.4) is 0 Å². The third-order valence-corrected chi connectivity index (χ3v) is 1.24. The van der Waals surface area contributed by atoms with Gasteiger partial charge in [-0.3, -0.25) is 0 Å². The van der Waals surface area contributed by atoms with E-state index in [1.807, 2.05) is 0 Å². The quantitative estimate of drug-likeness (QED) is 0.217. The van der Waals surface area contributed by atoms with E-state index in [9.17, 15) is 14.3 Å². The fourth-order valence-electron chi connectivity index (χ4n) is 0.434. The van der Waals surface area contributed by atoms with Crippen LogP contribution in [0.4, 0.5) is 4.79 Å². The van der Waals surface area contributed by atoms with E-state index in [1.54, 1.807) is 6.92 Å². The second-order valence-corrected chi connectivity index (χ2v) is 2.38. The van der Waals surface area contributed by atoms with Gasteiger partial charge in [-0.15, -0.1) is 6.42 Å². The minimum atomic E-state index is -3.22. The maximum atomic E-state index is 10.5. The molecule has 0 bridgehead atoms. The zero-order chi connectivity index (χ0) is 9.56. The molecule has 0 fully saturated rings. The summed E-state index contributed by atoms with van der Waals surface area (Å²) in [5, 5.41) is 0.